The number of rotatable bonds is 5. The number of aryl methyl sites for hydroxylation is 1. The molecule has 0 bridgehead atoms. The molecule has 6 heteroatoms. The van der Waals surface area contributed by atoms with Crippen molar-refractivity contribution in [3.05, 3.63) is 74.2 Å². The van der Waals surface area contributed by atoms with Crippen molar-refractivity contribution in [2.24, 2.45) is 16.9 Å². The van der Waals surface area contributed by atoms with E-state index < -0.39 is 0 Å². The van der Waals surface area contributed by atoms with Crippen molar-refractivity contribution in [3.63, 3.8) is 0 Å². The van der Waals surface area contributed by atoms with Crippen molar-refractivity contribution in [2.75, 3.05) is 0 Å². The predicted molar refractivity (Wildman–Crippen MR) is 118 cm³/mol. The highest BCUT2D eigenvalue weighted by molar-refractivity contribution is 9.11. The van der Waals surface area contributed by atoms with Crippen LogP contribution in [-0.4, -0.2) is 11.6 Å². The number of allylic oxidation sites excluding steroid dienone is 2. The van der Waals surface area contributed by atoms with Crippen molar-refractivity contribution in [3.8, 4) is 5.75 Å². The fourth-order valence-electron chi connectivity index (χ4n) is 3.58. The molecule has 28 heavy (non-hydrogen) atoms. The standard InChI is InChI=1S/C22H20Br2N2O2/c1-13-9-18(23)21(19(24)10-13)28-12-14-5-7-15(8-6-14)22(27)26-25-20-11-16-3-2-4-17(16)20/h2,4-10,16-17H,3,11-12H2,1H3,(H,26,27)/b25-20+/t16-,17+/m1/s1. The largest absolute Gasteiger partial charge is 0.487 e. The second-order valence-corrected chi connectivity index (χ2v) is 8.95. The van der Waals surface area contributed by atoms with Crippen LogP contribution in [0.5, 0.6) is 5.75 Å². The van der Waals surface area contributed by atoms with Gasteiger partial charge in [0, 0.05) is 17.2 Å². The number of amides is 1. The lowest BCUT2D eigenvalue weighted by Crippen LogP contribution is -2.35. The third-order valence-electron chi connectivity index (χ3n) is 5.19. The molecule has 4 rings (SSSR count). The molecule has 0 heterocycles. The molecule has 0 unspecified atom stereocenters. The highest BCUT2D eigenvalue weighted by atomic mass is 79.9. The molecule has 2 aliphatic rings. The van der Waals surface area contributed by atoms with E-state index in [4.69, 9.17) is 4.74 Å². The number of benzene rings is 2. The van der Waals surface area contributed by atoms with E-state index in [0.29, 0.717) is 24.0 Å². The molecule has 4 nitrogen and oxygen atoms in total. The molecular formula is C22H20Br2N2O2. The van der Waals surface area contributed by atoms with Crippen LogP contribution >= 0.6 is 31.9 Å². The van der Waals surface area contributed by atoms with Gasteiger partial charge >= 0.3 is 0 Å². The number of nitrogens with zero attached hydrogens (tertiary/aromatic N) is 1. The highest BCUT2D eigenvalue weighted by Crippen LogP contribution is 2.40. The van der Waals surface area contributed by atoms with Gasteiger partial charge in [-0.1, -0.05) is 24.3 Å². The third-order valence-corrected chi connectivity index (χ3v) is 6.37. The van der Waals surface area contributed by atoms with Crippen LogP contribution in [0.3, 0.4) is 0 Å². The average molecular weight is 504 g/mol. The van der Waals surface area contributed by atoms with Gasteiger partial charge in [-0.05, 0) is 92.9 Å². The molecular weight excluding hydrogens is 484 g/mol. The summed E-state index contributed by atoms with van der Waals surface area (Å²) in [7, 11) is 0. The van der Waals surface area contributed by atoms with Gasteiger partial charge < -0.3 is 4.74 Å². The van der Waals surface area contributed by atoms with Crippen LogP contribution in [0.2, 0.25) is 0 Å². The van der Waals surface area contributed by atoms with Gasteiger partial charge in [-0.25, -0.2) is 5.43 Å². The second kappa shape index (κ2) is 8.21. The summed E-state index contributed by atoms with van der Waals surface area (Å²) in [5.74, 6) is 1.71. The molecule has 144 valence electrons. The first-order valence-electron chi connectivity index (χ1n) is 9.22. The molecule has 2 aromatic rings. The van der Waals surface area contributed by atoms with Gasteiger partial charge in [0.1, 0.15) is 12.4 Å². The average Bonchev–Trinajstić information content (AvgIpc) is 3.02. The summed E-state index contributed by atoms with van der Waals surface area (Å²) in [6.45, 7) is 2.45. The van der Waals surface area contributed by atoms with E-state index in [0.717, 1.165) is 44.4 Å². The van der Waals surface area contributed by atoms with Crippen molar-refractivity contribution in [1.29, 1.82) is 0 Å². The first-order valence-corrected chi connectivity index (χ1v) is 10.8. The molecule has 1 saturated carbocycles. The maximum atomic E-state index is 12.3. The number of hydrazone groups is 1. The first-order chi connectivity index (χ1) is 13.5. The fourth-order valence-corrected chi connectivity index (χ4v) is 5.23. The Morgan fingerprint density at radius 3 is 2.61 bits per heavy atom. The molecule has 2 aromatic carbocycles. The minimum Gasteiger partial charge on any atom is -0.487 e. The smallest absolute Gasteiger partial charge is 0.271 e. The Labute approximate surface area is 181 Å². The summed E-state index contributed by atoms with van der Waals surface area (Å²) in [4.78, 5) is 12.3. The number of fused-ring (bicyclic) bond motifs is 1. The number of nitrogens with one attached hydrogen (secondary N) is 1. The van der Waals surface area contributed by atoms with E-state index in [2.05, 4.69) is 54.5 Å². The molecule has 0 saturated heterocycles. The maximum absolute atomic E-state index is 12.3. The molecule has 1 amide bonds. The van der Waals surface area contributed by atoms with E-state index in [1.165, 1.54) is 0 Å². The fraction of sp³-hybridized carbons (Fsp3) is 0.273. The molecule has 0 spiro atoms. The maximum Gasteiger partial charge on any atom is 0.271 e. The second-order valence-electron chi connectivity index (χ2n) is 7.24. The number of hydrogen-bond donors (Lipinski definition) is 1. The number of ether oxygens (including phenoxy) is 1. The van der Waals surface area contributed by atoms with E-state index >= 15 is 0 Å². The Hall–Kier alpha value is -1.92. The third kappa shape index (κ3) is 4.08. The van der Waals surface area contributed by atoms with Crippen molar-refractivity contribution < 1.29 is 9.53 Å². The van der Waals surface area contributed by atoms with Crippen LogP contribution < -0.4 is 10.2 Å². The van der Waals surface area contributed by atoms with Crippen LogP contribution in [0, 0.1) is 18.8 Å². The zero-order valence-corrected chi connectivity index (χ0v) is 18.6. The van der Waals surface area contributed by atoms with Crippen LogP contribution in [0.25, 0.3) is 0 Å². The van der Waals surface area contributed by atoms with E-state index in [1.54, 1.807) is 12.1 Å². The summed E-state index contributed by atoms with van der Waals surface area (Å²) in [6, 6.07) is 11.4. The number of carbonyl (C=O) groups is 1. The summed E-state index contributed by atoms with van der Waals surface area (Å²) in [5.41, 5.74) is 6.48. The normalized spacial score (nSPS) is 21.3. The van der Waals surface area contributed by atoms with Gasteiger partial charge in [-0.15, -0.1) is 0 Å². The topological polar surface area (TPSA) is 50.7 Å². The predicted octanol–water partition coefficient (Wildman–Crippen LogP) is 5.78. The minimum atomic E-state index is -0.186. The zero-order valence-electron chi connectivity index (χ0n) is 15.4. The van der Waals surface area contributed by atoms with Gasteiger partial charge in [0.2, 0.25) is 0 Å². The van der Waals surface area contributed by atoms with Crippen LogP contribution in [0.15, 0.2) is 62.6 Å². The van der Waals surface area contributed by atoms with E-state index in [-0.39, 0.29) is 5.91 Å². The summed E-state index contributed by atoms with van der Waals surface area (Å²) >= 11 is 7.07. The lowest BCUT2D eigenvalue weighted by molar-refractivity contribution is 0.0954. The van der Waals surface area contributed by atoms with Crippen LogP contribution in [0.4, 0.5) is 0 Å². The van der Waals surface area contributed by atoms with Gasteiger partial charge in [0.15, 0.2) is 0 Å². The van der Waals surface area contributed by atoms with Gasteiger partial charge in [-0.3, -0.25) is 4.79 Å². The summed E-state index contributed by atoms with van der Waals surface area (Å²) < 4.78 is 7.74. The highest BCUT2D eigenvalue weighted by Gasteiger charge is 2.37. The first kappa shape index (κ1) is 19.4. The van der Waals surface area contributed by atoms with Gasteiger partial charge in [0.05, 0.1) is 8.95 Å². The van der Waals surface area contributed by atoms with Crippen LogP contribution in [0.1, 0.15) is 34.3 Å². The van der Waals surface area contributed by atoms with Crippen molar-refractivity contribution >= 4 is 43.5 Å². The van der Waals surface area contributed by atoms with Crippen molar-refractivity contribution in [2.45, 2.75) is 26.4 Å². The van der Waals surface area contributed by atoms with Gasteiger partial charge in [-0.2, -0.15) is 5.10 Å². The Bertz CT molecular complexity index is 944. The molecule has 0 aliphatic heterocycles. The zero-order chi connectivity index (χ0) is 19.7. The Kier molecular flexibility index (Phi) is 5.69. The molecule has 2 atom stereocenters. The van der Waals surface area contributed by atoms with E-state index in [1.807, 2.05) is 31.2 Å². The monoisotopic (exact) mass is 502 g/mol. The number of hydrogen-bond acceptors (Lipinski definition) is 3. The molecule has 0 radical (unpaired) electrons. The molecule has 2 aliphatic carbocycles. The lowest BCUT2D eigenvalue weighted by atomic mass is 9.74. The van der Waals surface area contributed by atoms with Gasteiger partial charge in [0.25, 0.3) is 5.91 Å². The lowest BCUT2D eigenvalue weighted by Gasteiger charge is -2.31. The molecule has 1 fully saturated rings. The summed E-state index contributed by atoms with van der Waals surface area (Å²) in [6.07, 6.45) is 6.52. The summed E-state index contributed by atoms with van der Waals surface area (Å²) in [5, 5.41) is 4.30. The quantitative estimate of drug-likeness (QED) is 0.415. The van der Waals surface area contributed by atoms with Crippen molar-refractivity contribution in [1.82, 2.24) is 5.43 Å². The Morgan fingerprint density at radius 2 is 1.93 bits per heavy atom. The van der Waals surface area contributed by atoms with E-state index in [9.17, 15) is 4.79 Å². The molecule has 1 N–H and O–H groups in total. The SMILES string of the molecule is Cc1cc(Br)c(OCc2ccc(C(=O)N/N=C3\C[C@H]4CC=C[C@H]34)cc2)c(Br)c1. The van der Waals surface area contributed by atoms with Crippen LogP contribution in [-0.2, 0) is 6.61 Å². The minimum absolute atomic E-state index is 0.186. The number of halogens is 2. The Morgan fingerprint density at radius 1 is 1.21 bits per heavy atom. The number of carbonyl (C=O) groups excluding carboxylic acids is 1. The Balaban J connectivity index is 1.34. The molecule has 0 aromatic heterocycles.